The van der Waals surface area contributed by atoms with Gasteiger partial charge in [0, 0.05) is 25.5 Å². The lowest BCUT2D eigenvalue weighted by atomic mass is 10.4. The lowest BCUT2D eigenvalue weighted by Crippen LogP contribution is -2.26. The molecule has 3 rings (SSSR count). The van der Waals surface area contributed by atoms with Crippen molar-refractivity contribution in [2.75, 3.05) is 35.4 Å². The molecule has 1 aliphatic rings. The van der Waals surface area contributed by atoms with Gasteiger partial charge in [0.05, 0.1) is 17.7 Å². The lowest BCUT2D eigenvalue weighted by molar-refractivity contribution is 0.815. The van der Waals surface area contributed by atoms with Crippen molar-refractivity contribution in [1.82, 2.24) is 19.9 Å². The van der Waals surface area contributed by atoms with Crippen LogP contribution in [0.25, 0.3) is 0 Å². The number of nitrogens with two attached hydrogens (primary N) is 1. The van der Waals surface area contributed by atoms with Gasteiger partial charge in [-0.25, -0.2) is 10.8 Å². The molecule has 3 N–H and O–H groups in total. The van der Waals surface area contributed by atoms with Gasteiger partial charge in [0.25, 0.3) is 0 Å². The van der Waals surface area contributed by atoms with Crippen LogP contribution in [-0.4, -0.2) is 40.1 Å². The van der Waals surface area contributed by atoms with E-state index in [0.29, 0.717) is 24.4 Å². The van der Waals surface area contributed by atoms with Crippen molar-refractivity contribution in [1.29, 1.82) is 0 Å². The molecule has 0 aliphatic carbocycles. The molecule has 0 unspecified atom stereocenters. The summed E-state index contributed by atoms with van der Waals surface area (Å²) in [7, 11) is 1.93. The molecule has 9 heteroatoms. The first-order valence-electron chi connectivity index (χ1n) is 6.82. The standard InChI is InChI=1S/C12H18N8S/c1-19(6-9-7-21-8-14-9)11-15-10(18-13)16-12(17-11)20-4-2-3-5-20/h7-8H,2-6,13H2,1H3,(H,15,16,17,18). The number of nitrogens with one attached hydrogen (secondary N) is 1. The SMILES string of the molecule is CN(Cc1cscn1)c1nc(NN)nc(N2CCCC2)n1. The van der Waals surface area contributed by atoms with Crippen LogP contribution in [0.1, 0.15) is 18.5 Å². The molecule has 1 saturated heterocycles. The minimum absolute atomic E-state index is 0.382. The first-order valence-corrected chi connectivity index (χ1v) is 7.76. The largest absolute Gasteiger partial charge is 0.341 e. The molecule has 0 amide bonds. The monoisotopic (exact) mass is 306 g/mol. The highest BCUT2D eigenvalue weighted by molar-refractivity contribution is 7.07. The van der Waals surface area contributed by atoms with E-state index < -0.39 is 0 Å². The van der Waals surface area contributed by atoms with Gasteiger partial charge in [0.15, 0.2) is 0 Å². The fourth-order valence-corrected chi connectivity index (χ4v) is 2.83. The normalized spacial score (nSPS) is 14.5. The highest BCUT2D eigenvalue weighted by Gasteiger charge is 2.18. The van der Waals surface area contributed by atoms with Crippen molar-refractivity contribution in [3.05, 3.63) is 16.6 Å². The van der Waals surface area contributed by atoms with Crippen molar-refractivity contribution in [2.24, 2.45) is 5.84 Å². The highest BCUT2D eigenvalue weighted by atomic mass is 32.1. The minimum Gasteiger partial charge on any atom is -0.341 e. The number of nitrogens with zero attached hydrogens (tertiary/aromatic N) is 6. The van der Waals surface area contributed by atoms with Crippen molar-refractivity contribution in [3.63, 3.8) is 0 Å². The van der Waals surface area contributed by atoms with Crippen molar-refractivity contribution < 1.29 is 0 Å². The summed E-state index contributed by atoms with van der Waals surface area (Å²) in [6.07, 6.45) is 2.34. The summed E-state index contributed by atoms with van der Waals surface area (Å²) >= 11 is 1.58. The van der Waals surface area contributed by atoms with Gasteiger partial charge in [-0.1, -0.05) is 0 Å². The predicted molar refractivity (Wildman–Crippen MR) is 83.3 cm³/mol. The molecule has 112 valence electrons. The third-order valence-electron chi connectivity index (χ3n) is 3.35. The Morgan fingerprint density at radius 3 is 2.81 bits per heavy atom. The quantitative estimate of drug-likeness (QED) is 0.620. The van der Waals surface area contributed by atoms with Gasteiger partial charge in [0.1, 0.15) is 0 Å². The summed E-state index contributed by atoms with van der Waals surface area (Å²) in [4.78, 5) is 21.6. The maximum Gasteiger partial charge on any atom is 0.243 e. The Kier molecular flexibility index (Phi) is 4.11. The van der Waals surface area contributed by atoms with Gasteiger partial charge in [-0.15, -0.1) is 11.3 Å². The fourth-order valence-electron chi connectivity index (χ4n) is 2.28. The van der Waals surface area contributed by atoms with Crippen LogP contribution in [0.2, 0.25) is 0 Å². The number of hydrogen-bond donors (Lipinski definition) is 2. The van der Waals surface area contributed by atoms with E-state index in [9.17, 15) is 0 Å². The van der Waals surface area contributed by atoms with E-state index in [4.69, 9.17) is 5.84 Å². The van der Waals surface area contributed by atoms with Crippen LogP contribution in [0.5, 0.6) is 0 Å². The molecule has 2 aromatic rings. The van der Waals surface area contributed by atoms with E-state index in [0.717, 1.165) is 18.8 Å². The zero-order chi connectivity index (χ0) is 14.7. The first-order chi connectivity index (χ1) is 10.3. The van der Waals surface area contributed by atoms with Crippen molar-refractivity contribution in [3.8, 4) is 0 Å². The second-order valence-electron chi connectivity index (χ2n) is 4.93. The van der Waals surface area contributed by atoms with Crippen molar-refractivity contribution in [2.45, 2.75) is 19.4 Å². The Balaban J connectivity index is 1.84. The zero-order valence-corrected chi connectivity index (χ0v) is 12.7. The smallest absolute Gasteiger partial charge is 0.243 e. The molecular weight excluding hydrogens is 288 g/mol. The molecule has 8 nitrogen and oxygen atoms in total. The molecule has 2 aromatic heterocycles. The van der Waals surface area contributed by atoms with E-state index in [1.165, 1.54) is 12.8 Å². The summed E-state index contributed by atoms with van der Waals surface area (Å²) in [5.74, 6) is 7.12. The Labute approximate surface area is 127 Å². The fraction of sp³-hybridized carbons (Fsp3) is 0.500. The topological polar surface area (TPSA) is 96.1 Å². The van der Waals surface area contributed by atoms with Crippen LogP contribution < -0.4 is 21.1 Å². The summed E-state index contributed by atoms with van der Waals surface area (Å²) in [5.41, 5.74) is 5.33. The molecule has 0 radical (unpaired) electrons. The maximum atomic E-state index is 5.47. The third kappa shape index (κ3) is 3.19. The number of aromatic nitrogens is 4. The molecular formula is C12H18N8S. The molecule has 1 fully saturated rings. The van der Waals surface area contributed by atoms with Crippen LogP contribution in [0.4, 0.5) is 17.8 Å². The summed E-state index contributed by atoms with van der Waals surface area (Å²) in [6, 6.07) is 0. The second-order valence-corrected chi connectivity index (χ2v) is 5.65. The Morgan fingerprint density at radius 1 is 1.33 bits per heavy atom. The minimum atomic E-state index is 0.382. The predicted octanol–water partition coefficient (Wildman–Crippen LogP) is 0.850. The number of nitrogen functional groups attached to an aromatic ring is 1. The third-order valence-corrected chi connectivity index (χ3v) is 3.99. The number of hydrazine groups is 1. The van der Waals surface area contributed by atoms with Gasteiger partial charge in [-0.05, 0) is 12.8 Å². The Hall–Kier alpha value is -2.00. The second kappa shape index (κ2) is 6.19. The van der Waals surface area contributed by atoms with E-state index in [1.807, 2.05) is 22.8 Å². The van der Waals surface area contributed by atoms with Crippen LogP contribution in [0, 0.1) is 0 Å². The van der Waals surface area contributed by atoms with Gasteiger partial charge in [0.2, 0.25) is 17.8 Å². The van der Waals surface area contributed by atoms with E-state index >= 15 is 0 Å². The van der Waals surface area contributed by atoms with Crippen molar-refractivity contribution >= 4 is 29.2 Å². The lowest BCUT2D eigenvalue weighted by Gasteiger charge is -2.20. The number of anilines is 3. The van der Waals surface area contributed by atoms with Crippen LogP contribution in [-0.2, 0) is 6.54 Å². The number of hydrogen-bond acceptors (Lipinski definition) is 9. The Morgan fingerprint density at radius 2 is 2.14 bits per heavy atom. The summed E-state index contributed by atoms with van der Waals surface area (Å²) < 4.78 is 0. The van der Waals surface area contributed by atoms with Crippen LogP contribution in [0.15, 0.2) is 10.9 Å². The molecule has 0 spiro atoms. The maximum absolute atomic E-state index is 5.47. The molecule has 0 saturated carbocycles. The first kappa shape index (κ1) is 14.0. The van der Waals surface area contributed by atoms with Crippen LogP contribution in [0.3, 0.4) is 0 Å². The molecule has 3 heterocycles. The molecule has 21 heavy (non-hydrogen) atoms. The van der Waals surface area contributed by atoms with E-state index in [-0.39, 0.29) is 0 Å². The van der Waals surface area contributed by atoms with Gasteiger partial charge in [-0.2, -0.15) is 15.0 Å². The molecule has 0 bridgehead atoms. The Bertz CT molecular complexity index is 581. The molecule has 0 atom stereocenters. The molecule has 0 aromatic carbocycles. The molecule has 1 aliphatic heterocycles. The van der Waals surface area contributed by atoms with Gasteiger partial charge >= 0.3 is 0 Å². The van der Waals surface area contributed by atoms with Gasteiger partial charge < -0.3 is 9.80 Å². The average Bonchev–Trinajstić information content (AvgIpc) is 3.20. The zero-order valence-electron chi connectivity index (χ0n) is 11.9. The number of rotatable bonds is 5. The highest BCUT2D eigenvalue weighted by Crippen LogP contribution is 2.20. The average molecular weight is 306 g/mol. The summed E-state index contributed by atoms with van der Waals surface area (Å²) in [5, 5.41) is 2.02. The summed E-state index contributed by atoms with van der Waals surface area (Å²) in [6.45, 7) is 2.60. The van der Waals surface area contributed by atoms with E-state index in [1.54, 1.807) is 11.3 Å². The van der Waals surface area contributed by atoms with E-state index in [2.05, 4.69) is 30.3 Å². The number of thiazole rings is 1. The van der Waals surface area contributed by atoms with Crippen LogP contribution >= 0.6 is 11.3 Å². The van der Waals surface area contributed by atoms with Gasteiger partial charge in [-0.3, -0.25) is 5.43 Å².